The lowest BCUT2D eigenvalue weighted by molar-refractivity contribution is 0.0362. The van der Waals surface area contributed by atoms with Crippen molar-refractivity contribution in [2.45, 2.75) is 52.5 Å². The van der Waals surface area contributed by atoms with Crippen molar-refractivity contribution in [3.05, 3.63) is 99.4 Å². The van der Waals surface area contributed by atoms with Crippen LogP contribution in [-0.4, -0.2) is 78.7 Å². The highest BCUT2D eigenvalue weighted by molar-refractivity contribution is 6.35. The van der Waals surface area contributed by atoms with E-state index in [1.54, 1.807) is 19.1 Å². The molecule has 0 aliphatic carbocycles. The van der Waals surface area contributed by atoms with Gasteiger partial charge in [-0.25, -0.2) is 9.18 Å². The number of nitrogens with zero attached hydrogens (tertiary/aromatic N) is 3. The SMILES string of the molecule is C=C/C(Cl)=C(\c1[nH]c(C(=O)OCC)c(CCCOc2cccc3cc(F)ccc23)c1C)c1c(C(CCN2CCOCC2)NC)nn(C)c1CC. The Morgan fingerprint density at radius 2 is 2.00 bits per heavy atom. The summed E-state index contributed by atoms with van der Waals surface area (Å²) in [6, 6.07) is 10.2. The van der Waals surface area contributed by atoms with Crippen LogP contribution >= 0.6 is 11.6 Å². The molecule has 2 aromatic heterocycles. The molecule has 1 fully saturated rings. The summed E-state index contributed by atoms with van der Waals surface area (Å²) in [5.41, 5.74) is 6.47. The van der Waals surface area contributed by atoms with Crippen LogP contribution in [0.5, 0.6) is 5.75 Å². The number of hydrogen-bond acceptors (Lipinski definition) is 7. The van der Waals surface area contributed by atoms with Crippen molar-refractivity contribution in [3.8, 4) is 5.75 Å². The number of aryl methyl sites for hydroxylation is 1. The number of ether oxygens (including phenoxy) is 3. The Bertz CT molecular complexity index is 1840. The summed E-state index contributed by atoms with van der Waals surface area (Å²) in [6.07, 6.45) is 4.38. The quantitative estimate of drug-likeness (QED) is 0.0720. The number of aromatic amines is 1. The number of fused-ring (bicyclic) bond motifs is 1. The molecule has 9 nitrogen and oxygen atoms in total. The molecule has 0 saturated carbocycles. The van der Waals surface area contributed by atoms with Gasteiger partial charge in [-0.1, -0.05) is 43.3 Å². The van der Waals surface area contributed by atoms with Crippen LogP contribution in [0.1, 0.15) is 77.0 Å². The topological polar surface area (TPSA) is 93.6 Å². The standard InChI is InChI=1S/C39H49ClFN5O4/c1-7-30(40)34(35-32(8-2)45(6)44-38(35)31(42-5)17-18-46-19-22-48-23-20-46)36-25(4)28(37(43-36)39(47)49-9-3)13-11-21-50-33-14-10-12-26-24-27(41)15-16-29(26)33/h7,10,12,14-16,24,31,42-43H,1,8-9,11,13,17-23H2,2-6H3/b34-30+. The van der Waals surface area contributed by atoms with Crippen LogP contribution in [0.4, 0.5) is 4.39 Å². The molecule has 268 valence electrons. The fraction of sp³-hybridized carbons (Fsp3) is 0.436. The number of morpholine rings is 1. The van der Waals surface area contributed by atoms with Gasteiger partial charge in [0.25, 0.3) is 0 Å². The zero-order valence-corrected chi connectivity index (χ0v) is 30.6. The van der Waals surface area contributed by atoms with Gasteiger partial charge in [-0.05, 0) is 87.4 Å². The highest BCUT2D eigenvalue weighted by Gasteiger charge is 2.31. The lowest BCUT2D eigenvalue weighted by atomic mass is 9.91. The van der Waals surface area contributed by atoms with E-state index in [0.29, 0.717) is 35.9 Å². The van der Waals surface area contributed by atoms with Gasteiger partial charge in [0.1, 0.15) is 17.3 Å². The number of H-pyrrole nitrogens is 1. The number of benzene rings is 2. The molecule has 0 amide bonds. The first-order valence-electron chi connectivity index (χ1n) is 17.5. The Morgan fingerprint density at radius 3 is 2.70 bits per heavy atom. The number of esters is 1. The number of halogens is 2. The molecule has 3 heterocycles. The Kier molecular flexibility index (Phi) is 12.9. The molecule has 1 aliphatic rings. The molecule has 1 saturated heterocycles. The van der Waals surface area contributed by atoms with Crippen molar-refractivity contribution in [2.24, 2.45) is 7.05 Å². The van der Waals surface area contributed by atoms with Crippen molar-refractivity contribution in [1.29, 1.82) is 0 Å². The van der Waals surface area contributed by atoms with Crippen LogP contribution in [0.3, 0.4) is 0 Å². The van der Waals surface area contributed by atoms with Crippen molar-refractivity contribution in [1.82, 2.24) is 25.0 Å². The normalized spacial score (nSPS) is 14.9. The summed E-state index contributed by atoms with van der Waals surface area (Å²) >= 11 is 7.09. The second-order valence-corrected chi connectivity index (χ2v) is 12.9. The summed E-state index contributed by atoms with van der Waals surface area (Å²) in [7, 11) is 3.92. The van der Waals surface area contributed by atoms with Crippen molar-refractivity contribution in [3.63, 3.8) is 0 Å². The van der Waals surface area contributed by atoms with Gasteiger partial charge in [0.05, 0.1) is 48.9 Å². The van der Waals surface area contributed by atoms with Gasteiger partial charge in [-0.2, -0.15) is 5.10 Å². The van der Waals surface area contributed by atoms with Crippen LogP contribution < -0.4 is 10.1 Å². The number of carbonyl (C=O) groups is 1. The van der Waals surface area contributed by atoms with E-state index < -0.39 is 5.97 Å². The van der Waals surface area contributed by atoms with E-state index in [1.807, 2.05) is 43.9 Å². The summed E-state index contributed by atoms with van der Waals surface area (Å²) in [5.74, 6) is -0.0288. The molecular formula is C39H49ClFN5O4. The predicted octanol–water partition coefficient (Wildman–Crippen LogP) is 7.27. The van der Waals surface area contributed by atoms with E-state index >= 15 is 0 Å². The molecule has 1 aliphatic heterocycles. The fourth-order valence-corrected chi connectivity index (χ4v) is 7.07. The second kappa shape index (κ2) is 17.3. The molecular weight excluding hydrogens is 657 g/mol. The number of aromatic nitrogens is 3. The molecule has 11 heteroatoms. The molecule has 0 bridgehead atoms. The molecule has 5 rings (SSSR count). The first-order valence-corrected chi connectivity index (χ1v) is 17.9. The summed E-state index contributed by atoms with van der Waals surface area (Å²) < 4.78 is 33.0. The van der Waals surface area contributed by atoms with E-state index in [2.05, 4.69) is 28.7 Å². The number of hydrogen-bond donors (Lipinski definition) is 2. The van der Waals surface area contributed by atoms with Crippen LogP contribution in [0.25, 0.3) is 16.3 Å². The minimum Gasteiger partial charge on any atom is -0.493 e. The molecule has 1 atom stereocenters. The summed E-state index contributed by atoms with van der Waals surface area (Å²) in [4.78, 5) is 19.3. The number of allylic oxidation sites excluding steroid dienone is 2. The minimum atomic E-state index is -0.427. The molecule has 4 aromatic rings. The lowest BCUT2D eigenvalue weighted by Crippen LogP contribution is -2.38. The van der Waals surface area contributed by atoms with Crippen LogP contribution in [-0.2, 0) is 29.4 Å². The van der Waals surface area contributed by atoms with Gasteiger partial charge in [0.15, 0.2) is 0 Å². The molecule has 0 spiro atoms. The fourth-order valence-electron chi connectivity index (χ4n) is 6.88. The van der Waals surface area contributed by atoms with Gasteiger partial charge in [0, 0.05) is 48.9 Å². The average Bonchev–Trinajstić information content (AvgIpc) is 3.62. The van der Waals surface area contributed by atoms with Crippen molar-refractivity contribution in [2.75, 3.05) is 53.1 Å². The van der Waals surface area contributed by atoms with Gasteiger partial charge < -0.3 is 24.5 Å². The maximum atomic E-state index is 13.8. The van der Waals surface area contributed by atoms with Crippen LogP contribution in [0, 0.1) is 12.7 Å². The third kappa shape index (κ3) is 8.15. The third-order valence-electron chi connectivity index (χ3n) is 9.45. The van der Waals surface area contributed by atoms with E-state index in [1.165, 1.54) is 12.1 Å². The third-order valence-corrected chi connectivity index (χ3v) is 9.80. The van der Waals surface area contributed by atoms with E-state index in [0.717, 1.165) is 95.8 Å². The molecule has 50 heavy (non-hydrogen) atoms. The van der Waals surface area contributed by atoms with E-state index in [9.17, 15) is 9.18 Å². The largest absolute Gasteiger partial charge is 0.493 e. The van der Waals surface area contributed by atoms with E-state index in [-0.39, 0.29) is 18.5 Å². The Labute approximate surface area is 299 Å². The molecule has 2 N–H and O–H groups in total. The van der Waals surface area contributed by atoms with Crippen molar-refractivity contribution >= 4 is 33.9 Å². The van der Waals surface area contributed by atoms with Gasteiger partial charge in [-0.15, -0.1) is 0 Å². The Balaban J connectivity index is 1.49. The highest BCUT2D eigenvalue weighted by atomic mass is 35.5. The number of rotatable bonds is 16. The molecule has 0 radical (unpaired) electrons. The van der Waals surface area contributed by atoms with Gasteiger partial charge >= 0.3 is 5.97 Å². The number of carbonyl (C=O) groups excluding carboxylic acids is 1. The van der Waals surface area contributed by atoms with Crippen LogP contribution in [0.15, 0.2) is 54.1 Å². The minimum absolute atomic E-state index is 0.0504. The summed E-state index contributed by atoms with van der Waals surface area (Å²) in [5, 5.41) is 10.7. The summed E-state index contributed by atoms with van der Waals surface area (Å²) in [6.45, 7) is 14.8. The second-order valence-electron chi connectivity index (χ2n) is 12.5. The van der Waals surface area contributed by atoms with Gasteiger partial charge in [0.2, 0.25) is 0 Å². The van der Waals surface area contributed by atoms with Crippen LogP contribution in [0.2, 0.25) is 0 Å². The monoisotopic (exact) mass is 705 g/mol. The Morgan fingerprint density at radius 1 is 1.22 bits per heavy atom. The zero-order valence-electron chi connectivity index (χ0n) is 29.8. The number of nitrogens with one attached hydrogen (secondary N) is 2. The van der Waals surface area contributed by atoms with Crippen molar-refractivity contribution < 1.29 is 23.4 Å². The first-order chi connectivity index (χ1) is 24.2. The zero-order chi connectivity index (χ0) is 35.8. The molecule has 2 aromatic carbocycles. The van der Waals surface area contributed by atoms with E-state index in [4.69, 9.17) is 30.9 Å². The maximum absolute atomic E-state index is 13.8. The highest BCUT2D eigenvalue weighted by Crippen LogP contribution is 2.40. The van der Waals surface area contributed by atoms with Gasteiger partial charge in [-0.3, -0.25) is 9.58 Å². The molecule has 1 unspecified atom stereocenters. The average molecular weight is 706 g/mol. The Hall–Kier alpha value is -3.96. The smallest absolute Gasteiger partial charge is 0.355 e. The first kappa shape index (κ1) is 37.3. The lowest BCUT2D eigenvalue weighted by Gasteiger charge is -2.28. The predicted molar refractivity (Wildman–Crippen MR) is 198 cm³/mol. The maximum Gasteiger partial charge on any atom is 0.355 e.